The van der Waals surface area contributed by atoms with Crippen LogP contribution in [0.15, 0.2) is 49.0 Å². The average molecular weight is 495 g/mol. The first kappa shape index (κ1) is 23.1. The summed E-state index contributed by atoms with van der Waals surface area (Å²) in [7, 11) is 0. The van der Waals surface area contributed by atoms with Gasteiger partial charge >= 0.3 is 5.95 Å². The number of pyridine rings is 2. The van der Waals surface area contributed by atoms with Crippen molar-refractivity contribution < 1.29 is 2.74 Å². The highest BCUT2D eigenvalue weighted by Gasteiger charge is 2.34. The molecule has 37 heavy (non-hydrogen) atoms. The third-order valence-corrected chi connectivity index (χ3v) is 7.14. The number of nitrogens with zero attached hydrogens (tertiary/aromatic N) is 8. The predicted octanol–water partition coefficient (Wildman–Crippen LogP) is 6.62. The van der Waals surface area contributed by atoms with Gasteiger partial charge in [-0.1, -0.05) is 39.8 Å². The summed E-state index contributed by atoms with van der Waals surface area (Å²) in [6, 6.07) is 9.89. The topological polar surface area (TPSA) is 89.6 Å². The minimum absolute atomic E-state index is 0.00158. The fraction of sp³-hybridized carbons (Fsp3) is 0.379. The van der Waals surface area contributed by atoms with Gasteiger partial charge in [-0.3, -0.25) is 4.57 Å². The van der Waals surface area contributed by atoms with Crippen LogP contribution in [-0.4, -0.2) is 29.1 Å². The van der Waals surface area contributed by atoms with Gasteiger partial charge in [-0.25, -0.2) is 19.5 Å². The van der Waals surface area contributed by atoms with Crippen LogP contribution in [0.2, 0.25) is 0 Å². The quantitative estimate of drug-likeness (QED) is 0.257. The molecule has 4 aromatic rings. The van der Waals surface area contributed by atoms with E-state index >= 15 is 0 Å². The molecule has 2 atom stereocenters. The van der Waals surface area contributed by atoms with Gasteiger partial charge in [0.05, 0.1) is 19.0 Å². The van der Waals surface area contributed by atoms with Crippen molar-refractivity contribution in [2.45, 2.75) is 71.6 Å². The highest BCUT2D eigenvalue weighted by molar-refractivity contribution is 5.48. The maximum Gasteiger partial charge on any atom is 0.344 e. The molecule has 0 saturated heterocycles. The molecular formula is C29H32N8. The van der Waals surface area contributed by atoms with Crippen LogP contribution in [0.4, 0.5) is 5.95 Å². The minimum atomic E-state index is -0.677. The van der Waals surface area contributed by atoms with Crippen LogP contribution in [0.1, 0.15) is 97.3 Å². The first-order valence-corrected chi connectivity index (χ1v) is 12.5. The number of nitriles is 1. The molecule has 0 aliphatic heterocycles. The molecule has 0 spiro atoms. The highest BCUT2D eigenvalue weighted by Crippen LogP contribution is 2.40. The van der Waals surface area contributed by atoms with Gasteiger partial charge in [0.1, 0.15) is 19.4 Å². The van der Waals surface area contributed by atoms with E-state index in [0.717, 1.165) is 35.4 Å². The minimum Gasteiger partial charge on any atom is -0.396 e. The van der Waals surface area contributed by atoms with E-state index in [9.17, 15) is 5.26 Å². The van der Waals surface area contributed by atoms with Crippen molar-refractivity contribution in [1.82, 2.24) is 29.1 Å². The van der Waals surface area contributed by atoms with Gasteiger partial charge in [-0.2, -0.15) is 10.2 Å². The molecule has 0 fully saturated rings. The van der Waals surface area contributed by atoms with Gasteiger partial charge in [0.2, 0.25) is 5.82 Å². The van der Waals surface area contributed by atoms with Crippen molar-refractivity contribution in [3.05, 3.63) is 88.8 Å². The van der Waals surface area contributed by atoms with Gasteiger partial charge in [-0.15, -0.1) is 6.57 Å². The Balaban J connectivity index is 2.00. The second-order valence-corrected chi connectivity index (χ2v) is 9.79. The summed E-state index contributed by atoms with van der Waals surface area (Å²) >= 11 is 0. The van der Waals surface area contributed by atoms with Crippen molar-refractivity contribution in [3.63, 3.8) is 0 Å². The molecule has 188 valence electrons. The Bertz CT molecular complexity index is 1480. The molecule has 0 aliphatic rings. The van der Waals surface area contributed by atoms with Crippen LogP contribution in [-0.2, 0) is 5.41 Å². The molecule has 0 bridgehead atoms. The van der Waals surface area contributed by atoms with Crippen molar-refractivity contribution in [2.24, 2.45) is 0 Å². The molecule has 8 nitrogen and oxygen atoms in total. The second kappa shape index (κ2) is 10.4. The lowest BCUT2D eigenvalue weighted by Gasteiger charge is -2.31. The number of rotatable bonds is 8. The highest BCUT2D eigenvalue weighted by atomic mass is 15.2. The first-order valence-electron chi connectivity index (χ1n) is 13.5. The van der Waals surface area contributed by atoms with E-state index in [2.05, 4.69) is 62.4 Å². The summed E-state index contributed by atoms with van der Waals surface area (Å²) in [5.41, 5.74) is 3.13. The van der Waals surface area contributed by atoms with Gasteiger partial charge in [0.25, 0.3) is 0 Å². The summed E-state index contributed by atoms with van der Waals surface area (Å²) in [5, 5.41) is 9.59. The SMILES string of the molecule is [2H]c1cn(-c2ccc(C(C)CC)c(C(C)(C)c3nc(-n4cc([2H])nc4[N+]#[C-])ccc3C(C)CC)n2)c(C#N)n1. The lowest BCUT2D eigenvalue weighted by Crippen LogP contribution is -2.28. The van der Waals surface area contributed by atoms with E-state index in [-0.39, 0.29) is 36.0 Å². The lowest BCUT2D eigenvalue weighted by molar-refractivity contribution is 0.552. The lowest BCUT2D eigenvalue weighted by atomic mass is 9.76. The Morgan fingerprint density at radius 3 is 1.97 bits per heavy atom. The Hall–Kier alpha value is -4.30. The zero-order chi connectivity index (χ0) is 28.5. The Labute approximate surface area is 221 Å². The molecule has 8 heteroatoms. The molecule has 0 N–H and O–H groups in total. The van der Waals surface area contributed by atoms with E-state index in [1.54, 1.807) is 9.13 Å². The molecule has 4 rings (SSSR count). The van der Waals surface area contributed by atoms with Gasteiger partial charge < -0.3 is 4.85 Å². The standard InChI is InChI=1S/C29H32N8/c1-8-19(3)21-10-12-23(36-16-14-32-25(36)18-30)34-26(21)29(5,6)27-22(20(4)9-2)11-13-24(35-27)37-17-15-33-28(37)31-7/h10-17,19-20H,8-9H2,1-6H3/i14D,15D. The summed E-state index contributed by atoms with van der Waals surface area (Å²) in [6.07, 6.45) is 4.82. The fourth-order valence-electron chi connectivity index (χ4n) is 4.56. The summed E-state index contributed by atoms with van der Waals surface area (Å²) in [5.74, 6) is 1.65. The van der Waals surface area contributed by atoms with E-state index in [1.807, 2.05) is 24.3 Å². The summed E-state index contributed by atoms with van der Waals surface area (Å²) in [6.45, 7) is 20.3. The van der Waals surface area contributed by atoms with Gasteiger partial charge in [-0.05, 0) is 61.8 Å². The van der Waals surface area contributed by atoms with Crippen LogP contribution >= 0.6 is 0 Å². The molecule has 0 aliphatic carbocycles. The smallest absolute Gasteiger partial charge is 0.344 e. The number of imidazole rings is 2. The zero-order valence-corrected chi connectivity index (χ0v) is 22.1. The van der Waals surface area contributed by atoms with E-state index in [0.29, 0.717) is 11.6 Å². The van der Waals surface area contributed by atoms with Crippen LogP contribution < -0.4 is 0 Å². The van der Waals surface area contributed by atoms with Crippen molar-refractivity contribution in [1.29, 1.82) is 5.26 Å². The Morgan fingerprint density at radius 2 is 1.46 bits per heavy atom. The molecule has 4 aromatic heterocycles. The number of hydrogen-bond donors (Lipinski definition) is 0. The predicted molar refractivity (Wildman–Crippen MR) is 143 cm³/mol. The maximum absolute atomic E-state index is 9.59. The second-order valence-electron chi connectivity index (χ2n) is 9.79. The zero-order valence-electron chi connectivity index (χ0n) is 24.1. The molecule has 2 unspecified atom stereocenters. The van der Waals surface area contributed by atoms with Crippen molar-refractivity contribution in [2.75, 3.05) is 0 Å². The summed E-state index contributed by atoms with van der Waals surface area (Å²) in [4.78, 5) is 21.7. The first-order chi connectivity index (χ1) is 18.5. The molecule has 0 aromatic carbocycles. The average Bonchev–Trinajstić information content (AvgIpc) is 3.52. The van der Waals surface area contributed by atoms with Crippen molar-refractivity contribution in [3.8, 4) is 17.7 Å². The maximum atomic E-state index is 9.59. The summed E-state index contributed by atoms with van der Waals surface area (Å²) < 4.78 is 19.0. The Kier molecular flexibility index (Phi) is 6.47. The van der Waals surface area contributed by atoms with E-state index in [1.165, 1.54) is 12.4 Å². The fourth-order valence-corrected chi connectivity index (χ4v) is 4.56. The monoisotopic (exact) mass is 494 g/mol. The van der Waals surface area contributed by atoms with Crippen LogP contribution in [0.3, 0.4) is 0 Å². The van der Waals surface area contributed by atoms with Crippen molar-refractivity contribution >= 4 is 5.95 Å². The molecule has 0 radical (unpaired) electrons. The third kappa shape index (κ3) is 4.63. The van der Waals surface area contributed by atoms with E-state index in [4.69, 9.17) is 19.3 Å². The van der Waals surface area contributed by atoms with Gasteiger partial charge in [0, 0.05) is 17.8 Å². The molecule has 4 heterocycles. The molecule has 0 amide bonds. The van der Waals surface area contributed by atoms with E-state index < -0.39 is 5.41 Å². The van der Waals surface area contributed by atoms with Gasteiger partial charge in [0.15, 0.2) is 5.82 Å². The number of hydrogen-bond acceptors (Lipinski definition) is 5. The Morgan fingerprint density at radius 1 is 0.946 bits per heavy atom. The molecule has 0 saturated carbocycles. The normalized spacial score (nSPS) is 13.8. The van der Waals surface area contributed by atoms with Crippen LogP contribution in [0, 0.1) is 17.9 Å². The largest absolute Gasteiger partial charge is 0.396 e. The van der Waals surface area contributed by atoms with Crippen LogP contribution in [0.25, 0.3) is 16.5 Å². The number of aromatic nitrogens is 6. The van der Waals surface area contributed by atoms with Crippen LogP contribution in [0.5, 0.6) is 0 Å². The molecular weight excluding hydrogens is 460 g/mol. The third-order valence-electron chi connectivity index (χ3n) is 7.14.